The van der Waals surface area contributed by atoms with E-state index in [1.165, 1.54) is 6.42 Å². The SMILES string of the molecule is CC(C)(C)OC(=O)OC1(C#CI)CCCCC1. The molecular weight excluding hydrogens is 331 g/mol. The number of hydrogen-bond acceptors (Lipinski definition) is 3. The molecule has 3 nitrogen and oxygen atoms in total. The molecule has 0 aromatic heterocycles. The summed E-state index contributed by atoms with van der Waals surface area (Å²) in [5.41, 5.74) is -1.15. The fourth-order valence-electron chi connectivity index (χ4n) is 1.89. The van der Waals surface area contributed by atoms with Crippen LogP contribution in [0.2, 0.25) is 0 Å². The zero-order valence-corrected chi connectivity index (χ0v) is 12.8. The van der Waals surface area contributed by atoms with Gasteiger partial charge in [0.05, 0.1) is 0 Å². The molecular formula is C13H19IO3. The Morgan fingerprint density at radius 2 is 1.82 bits per heavy atom. The number of hydrogen-bond donors (Lipinski definition) is 0. The minimum absolute atomic E-state index is 0.523. The van der Waals surface area contributed by atoms with Crippen LogP contribution in [0.1, 0.15) is 52.9 Å². The third kappa shape index (κ3) is 5.15. The first-order valence-corrected chi connectivity index (χ1v) is 7.00. The number of ether oxygens (including phenoxy) is 2. The van der Waals surface area contributed by atoms with Gasteiger partial charge in [-0.1, -0.05) is 6.42 Å². The Bertz CT molecular complexity index is 327. The average molecular weight is 350 g/mol. The van der Waals surface area contributed by atoms with Gasteiger partial charge < -0.3 is 9.47 Å². The summed E-state index contributed by atoms with van der Waals surface area (Å²) >= 11 is 1.98. The van der Waals surface area contributed by atoms with E-state index < -0.39 is 17.4 Å². The first-order chi connectivity index (χ1) is 7.87. The molecule has 0 radical (unpaired) electrons. The van der Waals surface area contributed by atoms with Crippen LogP contribution in [0.4, 0.5) is 4.79 Å². The topological polar surface area (TPSA) is 35.5 Å². The highest BCUT2D eigenvalue weighted by Crippen LogP contribution is 2.32. The molecule has 0 aromatic rings. The van der Waals surface area contributed by atoms with Gasteiger partial charge in [-0.25, -0.2) is 4.79 Å². The van der Waals surface area contributed by atoms with Crippen LogP contribution in [0.5, 0.6) is 0 Å². The Morgan fingerprint density at radius 3 is 2.29 bits per heavy atom. The Hall–Kier alpha value is -0.440. The molecule has 96 valence electrons. The Labute approximate surface area is 117 Å². The van der Waals surface area contributed by atoms with E-state index >= 15 is 0 Å². The van der Waals surface area contributed by atoms with Crippen molar-refractivity contribution in [1.82, 2.24) is 0 Å². The summed E-state index contributed by atoms with van der Waals surface area (Å²) in [4.78, 5) is 11.7. The zero-order chi connectivity index (χ0) is 12.9. The van der Waals surface area contributed by atoms with E-state index in [1.54, 1.807) is 0 Å². The van der Waals surface area contributed by atoms with Crippen molar-refractivity contribution in [3.63, 3.8) is 0 Å². The van der Waals surface area contributed by atoms with Crippen LogP contribution in [0.15, 0.2) is 0 Å². The lowest BCUT2D eigenvalue weighted by atomic mass is 9.85. The second-order valence-electron chi connectivity index (χ2n) is 5.34. The standard InChI is InChI=1S/C13H19IO3/c1-12(2,3)16-11(15)17-13(9-10-14)7-5-4-6-8-13/h4-8H2,1-3H3. The lowest BCUT2D eigenvalue weighted by Gasteiger charge is -2.32. The van der Waals surface area contributed by atoms with Gasteiger partial charge in [-0.15, -0.1) is 0 Å². The Kier molecular flexibility index (Phi) is 5.11. The lowest BCUT2D eigenvalue weighted by molar-refractivity contribution is -0.0561. The third-order valence-electron chi connectivity index (χ3n) is 2.60. The number of carbonyl (C=O) groups excluding carboxylic acids is 1. The van der Waals surface area contributed by atoms with Gasteiger partial charge in [0, 0.05) is 22.6 Å². The van der Waals surface area contributed by atoms with E-state index in [-0.39, 0.29) is 0 Å². The molecule has 0 bridgehead atoms. The molecule has 0 amide bonds. The van der Waals surface area contributed by atoms with Crippen LogP contribution in [-0.4, -0.2) is 17.4 Å². The normalized spacial score (nSPS) is 18.8. The second kappa shape index (κ2) is 5.94. The summed E-state index contributed by atoms with van der Waals surface area (Å²) in [6, 6.07) is 0. The maximum Gasteiger partial charge on any atom is 0.510 e. The van der Waals surface area contributed by atoms with Crippen molar-refractivity contribution in [1.29, 1.82) is 0 Å². The molecule has 17 heavy (non-hydrogen) atoms. The van der Waals surface area contributed by atoms with Crippen LogP contribution in [-0.2, 0) is 9.47 Å². The van der Waals surface area contributed by atoms with Crippen molar-refractivity contribution in [2.24, 2.45) is 0 Å². The second-order valence-corrected chi connectivity index (χ2v) is 5.88. The predicted molar refractivity (Wildman–Crippen MR) is 74.9 cm³/mol. The fourth-order valence-corrected chi connectivity index (χ4v) is 2.38. The maximum absolute atomic E-state index is 11.7. The number of carbonyl (C=O) groups is 1. The van der Waals surface area contributed by atoms with Gasteiger partial charge in [-0.2, -0.15) is 0 Å². The van der Waals surface area contributed by atoms with Gasteiger partial charge >= 0.3 is 6.16 Å². The molecule has 0 atom stereocenters. The molecule has 0 saturated heterocycles. The number of halogens is 1. The molecule has 0 N–H and O–H groups in total. The van der Waals surface area contributed by atoms with Gasteiger partial charge in [-0.05, 0) is 56.3 Å². The van der Waals surface area contributed by atoms with Gasteiger partial charge in [0.25, 0.3) is 0 Å². The minimum Gasteiger partial charge on any atom is -0.429 e. The summed E-state index contributed by atoms with van der Waals surface area (Å²) in [5, 5.41) is 0. The molecule has 0 unspecified atom stereocenters. The molecule has 1 rings (SSSR count). The highest BCUT2D eigenvalue weighted by Gasteiger charge is 2.36. The highest BCUT2D eigenvalue weighted by atomic mass is 127. The van der Waals surface area contributed by atoms with Gasteiger partial charge in [0.15, 0.2) is 5.60 Å². The van der Waals surface area contributed by atoms with Crippen molar-refractivity contribution in [2.75, 3.05) is 0 Å². The van der Waals surface area contributed by atoms with Crippen LogP contribution in [0.25, 0.3) is 0 Å². The van der Waals surface area contributed by atoms with Crippen LogP contribution in [0, 0.1) is 9.85 Å². The Balaban J connectivity index is 2.66. The largest absolute Gasteiger partial charge is 0.510 e. The quantitative estimate of drug-likeness (QED) is 0.407. The molecule has 1 aliphatic carbocycles. The smallest absolute Gasteiger partial charge is 0.429 e. The summed E-state index contributed by atoms with van der Waals surface area (Å²) in [6.07, 6.45) is 4.29. The molecule has 4 heteroatoms. The van der Waals surface area contributed by atoms with E-state index in [0.29, 0.717) is 0 Å². The average Bonchev–Trinajstić information content (AvgIpc) is 2.15. The predicted octanol–water partition coefficient (Wildman–Crippen LogP) is 4.04. The molecule has 0 aliphatic heterocycles. The summed E-state index contributed by atoms with van der Waals surface area (Å²) in [7, 11) is 0. The summed E-state index contributed by atoms with van der Waals surface area (Å²) < 4.78 is 13.5. The molecule has 0 spiro atoms. The van der Waals surface area contributed by atoms with Crippen molar-refractivity contribution in [3.05, 3.63) is 0 Å². The molecule has 0 aromatic carbocycles. The number of rotatable bonds is 1. The molecule has 0 heterocycles. The van der Waals surface area contributed by atoms with Crippen LogP contribution >= 0.6 is 22.6 Å². The zero-order valence-electron chi connectivity index (χ0n) is 10.6. The van der Waals surface area contributed by atoms with E-state index in [2.05, 4.69) is 9.85 Å². The Morgan fingerprint density at radius 1 is 1.24 bits per heavy atom. The van der Waals surface area contributed by atoms with Crippen molar-refractivity contribution < 1.29 is 14.3 Å². The van der Waals surface area contributed by atoms with Crippen LogP contribution in [0.3, 0.4) is 0 Å². The van der Waals surface area contributed by atoms with Crippen LogP contribution < -0.4 is 0 Å². The van der Waals surface area contributed by atoms with E-state index in [1.807, 2.05) is 43.4 Å². The molecule has 1 saturated carbocycles. The summed E-state index contributed by atoms with van der Waals surface area (Å²) in [5.74, 6) is 3.03. The van der Waals surface area contributed by atoms with Crippen molar-refractivity contribution in [3.8, 4) is 9.85 Å². The van der Waals surface area contributed by atoms with Gasteiger partial charge in [0.2, 0.25) is 0 Å². The van der Waals surface area contributed by atoms with E-state index in [9.17, 15) is 4.79 Å². The van der Waals surface area contributed by atoms with Crippen molar-refractivity contribution >= 4 is 28.7 Å². The first kappa shape index (κ1) is 14.6. The first-order valence-electron chi connectivity index (χ1n) is 5.92. The minimum atomic E-state index is -0.623. The van der Waals surface area contributed by atoms with Gasteiger partial charge in [-0.3, -0.25) is 0 Å². The van der Waals surface area contributed by atoms with E-state index in [0.717, 1.165) is 25.7 Å². The maximum atomic E-state index is 11.7. The third-order valence-corrected chi connectivity index (χ3v) is 2.87. The monoisotopic (exact) mass is 350 g/mol. The fraction of sp³-hybridized carbons (Fsp3) is 0.769. The van der Waals surface area contributed by atoms with E-state index in [4.69, 9.17) is 9.47 Å². The molecule has 1 fully saturated rings. The highest BCUT2D eigenvalue weighted by molar-refractivity contribution is 14.1. The molecule has 1 aliphatic rings. The summed E-state index contributed by atoms with van der Waals surface area (Å²) in [6.45, 7) is 5.48. The lowest BCUT2D eigenvalue weighted by Crippen LogP contribution is -2.38. The van der Waals surface area contributed by atoms with Crippen molar-refractivity contribution in [2.45, 2.75) is 64.1 Å². The van der Waals surface area contributed by atoms with Gasteiger partial charge in [0.1, 0.15) is 5.60 Å².